The lowest BCUT2D eigenvalue weighted by Crippen LogP contribution is -2.41. The Bertz CT molecular complexity index is 352. The van der Waals surface area contributed by atoms with Gasteiger partial charge in [0.25, 0.3) is 0 Å². The van der Waals surface area contributed by atoms with Crippen molar-refractivity contribution in [3.05, 3.63) is 0 Å². The van der Waals surface area contributed by atoms with Crippen LogP contribution in [0, 0.1) is 17.3 Å². The summed E-state index contributed by atoms with van der Waals surface area (Å²) in [5, 5.41) is 0. The minimum atomic E-state index is -0.148. The van der Waals surface area contributed by atoms with E-state index >= 15 is 0 Å². The molecule has 3 heteroatoms. The Hall–Kier alpha value is -0.860. The lowest BCUT2D eigenvalue weighted by molar-refractivity contribution is -0.138. The topological polar surface area (TPSA) is 37.4 Å². The van der Waals surface area contributed by atoms with Crippen LogP contribution in [-0.4, -0.2) is 29.2 Å². The molecule has 0 aromatic carbocycles. The van der Waals surface area contributed by atoms with Crippen molar-refractivity contribution in [2.45, 2.75) is 59.4 Å². The van der Waals surface area contributed by atoms with E-state index in [0.717, 1.165) is 18.9 Å². The molecular weight excluding hydrogens is 226 g/mol. The number of hydrogen-bond acceptors (Lipinski definition) is 2. The van der Waals surface area contributed by atoms with Crippen molar-refractivity contribution in [1.82, 2.24) is 4.90 Å². The van der Waals surface area contributed by atoms with E-state index in [0.29, 0.717) is 12.3 Å². The second-order valence-electron chi connectivity index (χ2n) is 7.24. The van der Waals surface area contributed by atoms with Crippen LogP contribution >= 0.6 is 0 Å². The maximum atomic E-state index is 12.3. The molecule has 1 saturated carbocycles. The zero-order chi connectivity index (χ0) is 13.5. The number of likely N-dealkylation sites (tertiary alicyclic amines) is 1. The van der Waals surface area contributed by atoms with Crippen molar-refractivity contribution in [2.75, 3.05) is 6.54 Å². The first-order valence-corrected chi connectivity index (χ1v) is 7.08. The van der Waals surface area contributed by atoms with E-state index in [9.17, 15) is 9.59 Å². The van der Waals surface area contributed by atoms with Gasteiger partial charge in [-0.1, -0.05) is 20.8 Å². The third kappa shape index (κ3) is 3.12. The molecule has 0 radical (unpaired) electrons. The van der Waals surface area contributed by atoms with Gasteiger partial charge in [-0.3, -0.25) is 9.59 Å². The van der Waals surface area contributed by atoms with E-state index in [1.165, 1.54) is 12.8 Å². The predicted molar refractivity (Wildman–Crippen MR) is 71.1 cm³/mol. The Labute approximate surface area is 110 Å². The molecule has 0 bridgehead atoms. The zero-order valence-electron chi connectivity index (χ0n) is 12.0. The van der Waals surface area contributed by atoms with Gasteiger partial charge in [-0.05, 0) is 43.4 Å². The number of hydrogen-bond donors (Lipinski definition) is 0. The number of ketones is 1. The summed E-state index contributed by atoms with van der Waals surface area (Å²) in [6.07, 6.45) is 4.01. The quantitative estimate of drug-likeness (QED) is 0.773. The van der Waals surface area contributed by atoms with Gasteiger partial charge in [-0.2, -0.15) is 0 Å². The van der Waals surface area contributed by atoms with Gasteiger partial charge in [0, 0.05) is 13.0 Å². The summed E-state index contributed by atoms with van der Waals surface area (Å²) in [4.78, 5) is 25.9. The smallest absolute Gasteiger partial charge is 0.223 e. The van der Waals surface area contributed by atoms with Gasteiger partial charge in [-0.15, -0.1) is 0 Å². The summed E-state index contributed by atoms with van der Waals surface area (Å²) in [6.45, 7) is 8.65. The van der Waals surface area contributed by atoms with Crippen LogP contribution in [0.2, 0.25) is 0 Å². The summed E-state index contributed by atoms with van der Waals surface area (Å²) in [6, 6.07) is -0.148. The van der Waals surface area contributed by atoms with Gasteiger partial charge in [0.2, 0.25) is 5.91 Å². The monoisotopic (exact) mass is 251 g/mol. The summed E-state index contributed by atoms with van der Waals surface area (Å²) in [7, 11) is 0. The van der Waals surface area contributed by atoms with Gasteiger partial charge >= 0.3 is 0 Å². The maximum Gasteiger partial charge on any atom is 0.223 e. The second kappa shape index (κ2) is 4.67. The molecule has 3 nitrogen and oxygen atoms in total. The van der Waals surface area contributed by atoms with Crippen molar-refractivity contribution in [3.8, 4) is 0 Å². The molecule has 0 aromatic rings. The molecule has 2 fully saturated rings. The van der Waals surface area contributed by atoms with Crippen molar-refractivity contribution in [1.29, 1.82) is 0 Å². The lowest BCUT2D eigenvalue weighted by Gasteiger charge is -2.26. The minimum Gasteiger partial charge on any atom is -0.332 e. The molecule has 1 amide bonds. The van der Waals surface area contributed by atoms with Crippen molar-refractivity contribution in [2.24, 2.45) is 17.3 Å². The van der Waals surface area contributed by atoms with Crippen LogP contribution in [0.1, 0.15) is 53.4 Å². The van der Waals surface area contributed by atoms with Gasteiger partial charge in [-0.25, -0.2) is 0 Å². The maximum absolute atomic E-state index is 12.3. The summed E-state index contributed by atoms with van der Waals surface area (Å²) >= 11 is 0. The standard InChI is InChI=1S/C15H25NO2/c1-10(17)13-7-12(11-5-6-11)9-16(13)14(18)8-15(2,3)4/h11-13H,5-9H2,1-4H3. The lowest BCUT2D eigenvalue weighted by atomic mass is 9.91. The Morgan fingerprint density at radius 3 is 2.22 bits per heavy atom. The molecule has 1 heterocycles. The van der Waals surface area contributed by atoms with E-state index in [1.54, 1.807) is 6.92 Å². The highest BCUT2D eigenvalue weighted by Gasteiger charge is 2.44. The third-order valence-electron chi connectivity index (χ3n) is 4.09. The minimum absolute atomic E-state index is 0.00388. The second-order valence-corrected chi connectivity index (χ2v) is 7.24. The fraction of sp³-hybridized carbons (Fsp3) is 0.867. The van der Waals surface area contributed by atoms with E-state index in [2.05, 4.69) is 20.8 Å². The van der Waals surface area contributed by atoms with Gasteiger partial charge < -0.3 is 4.90 Å². The van der Waals surface area contributed by atoms with Gasteiger partial charge in [0.15, 0.2) is 5.78 Å². The van der Waals surface area contributed by atoms with Crippen molar-refractivity contribution >= 4 is 11.7 Å². The molecule has 2 rings (SSSR count). The molecular formula is C15H25NO2. The fourth-order valence-corrected chi connectivity index (χ4v) is 2.99. The average molecular weight is 251 g/mol. The highest BCUT2D eigenvalue weighted by molar-refractivity contribution is 5.88. The van der Waals surface area contributed by atoms with E-state index in [4.69, 9.17) is 0 Å². The van der Waals surface area contributed by atoms with Gasteiger partial charge in [0.1, 0.15) is 0 Å². The van der Waals surface area contributed by atoms with Crippen LogP contribution in [0.4, 0.5) is 0 Å². The number of Topliss-reactive ketones (excluding diaryl/α,β-unsaturated/α-hetero) is 1. The summed E-state index contributed by atoms with van der Waals surface area (Å²) in [5.74, 6) is 1.66. The molecule has 2 unspecified atom stereocenters. The Morgan fingerprint density at radius 1 is 1.17 bits per heavy atom. The van der Waals surface area contributed by atoms with Crippen LogP contribution in [0.5, 0.6) is 0 Å². The average Bonchev–Trinajstić information content (AvgIpc) is 2.94. The fourth-order valence-electron chi connectivity index (χ4n) is 2.99. The molecule has 1 aliphatic heterocycles. The molecule has 2 atom stereocenters. The molecule has 0 aromatic heterocycles. The number of rotatable bonds is 3. The molecule has 2 aliphatic rings. The largest absolute Gasteiger partial charge is 0.332 e. The number of amides is 1. The Kier molecular flexibility index (Phi) is 3.52. The Morgan fingerprint density at radius 2 is 1.78 bits per heavy atom. The molecule has 0 N–H and O–H groups in total. The third-order valence-corrected chi connectivity index (χ3v) is 4.09. The van der Waals surface area contributed by atoms with Crippen LogP contribution in [0.3, 0.4) is 0 Å². The Balaban J connectivity index is 2.04. The van der Waals surface area contributed by atoms with Crippen LogP contribution < -0.4 is 0 Å². The molecule has 18 heavy (non-hydrogen) atoms. The van der Waals surface area contributed by atoms with Gasteiger partial charge in [0.05, 0.1) is 6.04 Å². The number of carbonyl (C=O) groups is 2. The van der Waals surface area contributed by atoms with Crippen LogP contribution in [0.25, 0.3) is 0 Å². The first-order valence-electron chi connectivity index (χ1n) is 7.08. The summed E-state index contributed by atoms with van der Waals surface area (Å²) < 4.78 is 0. The van der Waals surface area contributed by atoms with Crippen molar-refractivity contribution in [3.63, 3.8) is 0 Å². The number of nitrogens with zero attached hydrogens (tertiary/aromatic N) is 1. The predicted octanol–water partition coefficient (Wildman–Crippen LogP) is 2.64. The number of carbonyl (C=O) groups excluding carboxylic acids is 2. The summed E-state index contributed by atoms with van der Waals surface area (Å²) in [5.41, 5.74) is -0.00388. The first-order chi connectivity index (χ1) is 8.28. The van der Waals surface area contributed by atoms with E-state index < -0.39 is 0 Å². The normalized spacial score (nSPS) is 28.6. The zero-order valence-corrected chi connectivity index (χ0v) is 12.0. The molecule has 0 spiro atoms. The first kappa shape index (κ1) is 13.6. The molecule has 1 saturated heterocycles. The highest BCUT2D eigenvalue weighted by atomic mass is 16.2. The molecule has 102 valence electrons. The van der Waals surface area contributed by atoms with Crippen LogP contribution in [0.15, 0.2) is 0 Å². The van der Waals surface area contributed by atoms with Crippen LogP contribution in [-0.2, 0) is 9.59 Å². The SMILES string of the molecule is CC(=O)C1CC(C2CC2)CN1C(=O)CC(C)(C)C. The van der Waals surface area contributed by atoms with E-state index in [1.807, 2.05) is 4.90 Å². The highest BCUT2D eigenvalue weighted by Crippen LogP contribution is 2.43. The van der Waals surface area contributed by atoms with Crippen molar-refractivity contribution < 1.29 is 9.59 Å². The van der Waals surface area contributed by atoms with E-state index in [-0.39, 0.29) is 23.1 Å². The molecule has 1 aliphatic carbocycles.